The molecule has 2 saturated carbocycles. The normalized spacial score (nSPS) is 32.9. The minimum Gasteiger partial charge on any atom is -0.360 e. The second-order valence-corrected chi connectivity index (χ2v) is 7.72. The molecule has 21 heavy (non-hydrogen) atoms. The van der Waals surface area contributed by atoms with Gasteiger partial charge in [-0.2, -0.15) is 0 Å². The van der Waals surface area contributed by atoms with Crippen LogP contribution in [0, 0.1) is 25.7 Å². The third kappa shape index (κ3) is 2.48. The van der Waals surface area contributed by atoms with Crippen LogP contribution in [0.25, 0.3) is 0 Å². The second kappa shape index (κ2) is 5.31. The van der Waals surface area contributed by atoms with E-state index in [0.29, 0.717) is 0 Å². The predicted molar refractivity (Wildman–Crippen MR) is 88.1 cm³/mol. The van der Waals surface area contributed by atoms with E-state index >= 15 is 0 Å². The zero-order valence-corrected chi connectivity index (χ0v) is 13.6. The van der Waals surface area contributed by atoms with Crippen LogP contribution in [0.5, 0.6) is 0 Å². The maximum absolute atomic E-state index is 2.62. The first-order chi connectivity index (χ1) is 10.2. The van der Waals surface area contributed by atoms with Crippen LogP contribution >= 0.6 is 0 Å². The van der Waals surface area contributed by atoms with Gasteiger partial charge < -0.3 is 9.80 Å². The Morgan fingerprint density at radius 1 is 1.05 bits per heavy atom. The first-order valence-electron chi connectivity index (χ1n) is 8.87. The molecule has 1 saturated heterocycles. The van der Waals surface area contributed by atoms with Gasteiger partial charge in [0.2, 0.25) is 0 Å². The quantitative estimate of drug-likeness (QED) is 0.875. The second-order valence-electron chi connectivity index (χ2n) is 7.72. The Hall–Kier alpha value is -1.02. The number of benzene rings is 1. The van der Waals surface area contributed by atoms with E-state index in [1.165, 1.54) is 62.3 Å². The summed E-state index contributed by atoms with van der Waals surface area (Å²) in [6.07, 6.45) is 6.14. The van der Waals surface area contributed by atoms with Crippen LogP contribution in [0.3, 0.4) is 0 Å². The van der Waals surface area contributed by atoms with Crippen molar-refractivity contribution < 1.29 is 4.90 Å². The van der Waals surface area contributed by atoms with E-state index in [9.17, 15) is 0 Å². The van der Waals surface area contributed by atoms with Crippen molar-refractivity contribution in [1.29, 1.82) is 0 Å². The first-order valence-corrected chi connectivity index (χ1v) is 8.87. The molecule has 1 heterocycles. The summed E-state index contributed by atoms with van der Waals surface area (Å²) in [7, 11) is 0. The molecule has 2 heteroatoms. The van der Waals surface area contributed by atoms with Gasteiger partial charge in [0, 0.05) is 18.0 Å². The Bertz CT molecular complexity index is 516. The number of hydrogen-bond acceptors (Lipinski definition) is 1. The lowest BCUT2D eigenvalue weighted by atomic mass is 9.93. The van der Waals surface area contributed by atoms with Crippen molar-refractivity contribution in [2.45, 2.75) is 45.6 Å². The van der Waals surface area contributed by atoms with Crippen molar-refractivity contribution in [3.63, 3.8) is 0 Å². The van der Waals surface area contributed by atoms with Crippen LogP contribution in [0.15, 0.2) is 18.2 Å². The Labute approximate surface area is 129 Å². The van der Waals surface area contributed by atoms with Gasteiger partial charge in [-0.1, -0.05) is 12.1 Å². The molecule has 0 amide bonds. The lowest BCUT2D eigenvalue weighted by molar-refractivity contribution is -0.929. The van der Waals surface area contributed by atoms with Crippen molar-refractivity contribution in [2.75, 3.05) is 31.1 Å². The summed E-state index contributed by atoms with van der Waals surface area (Å²) < 4.78 is 0. The molecule has 114 valence electrons. The summed E-state index contributed by atoms with van der Waals surface area (Å²) in [5.74, 6) is 2.15. The van der Waals surface area contributed by atoms with Gasteiger partial charge in [-0.05, 0) is 56.2 Å². The highest BCUT2D eigenvalue weighted by Crippen LogP contribution is 2.43. The van der Waals surface area contributed by atoms with Crippen molar-refractivity contribution in [1.82, 2.24) is 0 Å². The molecule has 1 N–H and O–H groups in total. The number of anilines is 1. The molecule has 1 aromatic carbocycles. The molecule has 1 aliphatic heterocycles. The van der Waals surface area contributed by atoms with Crippen LogP contribution in [-0.2, 0) is 0 Å². The molecule has 3 atom stereocenters. The van der Waals surface area contributed by atoms with Crippen LogP contribution in [-0.4, -0.2) is 32.2 Å². The Balaban J connectivity index is 1.41. The standard InChI is InChI=1S/C19H28N2/c1-14-3-4-15(2)18(11-14)20-7-9-21(10-8-20)19-13-16-5-6-17(19)12-16/h3-4,11,16-17,19H,5-10,12-13H2,1-2H3/p+1/t16-,17+,19+/m0/s1. The molecule has 0 aromatic heterocycles. The van der Waals surface area contributed by atoms with E-state index in [2.05, 4.69) is 36.9 Å². The molecular formula is C19H29N2+. The summed E-state index contributed by atoms with van der Waals surface area (Å²) >= 11 is 0. The van der Waals surface area contributed by atoms with Crippen LogP contribution in [0.4, 0.5) is 5.69 Å². The first kappa shape index (κ1) is 13.6. The number of nitrogens with one attached hydrogen (secondary N) is 1. The SMILES string of the molecule is Cc1ccc(C)c(N2CC[NH+]([C@@H]3C[C@H]4CC[C@@H]3C4)CC2)c1. The van der Waals surface area contributed by atoms with E-state index in [1.807, 2.05) is 4.90 Å². The lowest BCUT2D eigenvalue weighted by Gasteiger charge is -2.39. The largest absolute Gasteiger partial charge is 0.360 e. The average molecular weight is 285 g/mol. The summed E-state index contributed by atoms with van der Waals surface area (Å²) in [6.45, 7) is 9.65. The third-order valence-electron chi connectivity index (χ3n) is 6.37. The maximum Gasteiger partial charge on any atom is 0.0951 e. The van der Waals surface area contributed by atoms with E-state index in [1.54, 1.807) is 6.42 Å². The number of nitrogens with zero attached hydrogens (tertiary/aromatic N) is 1. The van der Waals surface area contributed by atoms with Gasteiger partial charge in [0.1, 0.15) is 0 Å². The minimum atomic E-state index is 1.00. The third-order valence-corrected chi connectivity index (χ3v) is 6.37. The molecule has 2 aliphatic carbocycles. The van der Waals surface area contributed by atoms with E-state index in [4.69, 9.17) is 0 Å². The minimum absolute atomic E-state index is 1.00. The maximum atomic E-state index is 2.62. The van der Waals surface area contributed by atoms with Gasteiger partial charge in [0.15, 0.2) is 0 Å². The van der Waals surface area contributed by atoms with Gasteiger partial charge in [-0.3, -0.25) is 0 Å². The highest BCUT2D eigenvalue weighted by molar-refractivity contribution is 5.55. The number of quaternary nitrogens is 1. The number of fused-ring (bicyclic) bond motifs is 2. The average Bonchev–Trinajstić information content (AvgIpc) is 3.13. The van der Waals surface area contributed by atoms with Gasteiger partial charge >= 0.3 is 0 Å². The highest BCUT2D eigenvalue weighted by atomic mass is 15.3. The van der Waals surface area contributed by atoms with Gasteiger partial charge in [-0.15, -0.1) is 0 Å². The zero-order chi connectivity index (χ0) is 14.4. The molecule has 0 unspecified atom stereocenters. The fourth-order valence-electron chi connectivity index (χ4n) is 5.21. The molecule has 3 aliphatic rings. The highest BCUT2D eigenvalue weighted by Gasteiger charge is 2.45. The van der Waals surface area contributed by atoms with Crippen LogP contribution in [0.1, 0.15) is 36.8 Å². The van der Waals surface area contributed by atoms with Gasteiger partial charge in [0.25, 0.3) is 0 Å². The number of piperazine rings is 1. The van der Waals surface area contributed by atoms with Gasteiger partial charge in [0.05, 0.1) is 32.2 Å². The zero-order valence-electron chi connectivity index (χ0n) is 13.6. The molecule has 1 aromatic rings. The predicted octanol–water partition coefficient (Wildman–Crippen LogP) is 2.20. The van der Waals surface area contributed by atoms with E-state index < -0.39 is 0 Å². The van der Waals surface area contributed by atoms with E-state index in [-0.39, 0.29) is 0 Å². The number of rotatable bonds is 2. The summed E-state index contributed by atoms with van der Waals surface area (Å²) in [4.78, 5) is 4.54. The van der Waals surface area contributed by atoms with Crippen molar-refractivity contribution in [2.24, 2.45) is 11.8 Å². The fraction of sp³-hybridized carbons (Fsp3) is 0.684. The molecular weight excluding hydrogens is 256 g/mol. The molecule has 0 spiro atoms. The summed E-state index contributed by atoms with van der Waals surface area (Å²) in [6, 6.07) is 7.89. The summed E-state index contributed by atoms with van der Waals surface area (Å²) in [5, 5.41) is 0. The molecule has 4 rings (SSSR count). The monoisotopic (exact) mass is 285 g/mol. The molecule has 2 bridgehead atoms. The Morgan fingerprint density at radius 2 is 1.86 bits per heavy atom. The topological polar surface area (TPSA) is 7.68 Å². The molecule has 2 nitrogen and oxygen atoms in total. The molecule has 3 fully saturated rings. The van der Waals surface area contributed by atoms with E-state index in [0.717, 1.165) is 17.9 Å². The van der Waals surface area contributed by atoms with Gasteiger partial charge in [-0.25, -0.2) is 0 Å². The number of hydrogen-bond donors (Lipinski definition) is 1. The molecule has 0 radical (unpaired) electrons. The number of aryl methyl sites for hydroxylation is 2. The van der Waals surface area contributed by atoms with Crippen LogP contribution < -0.4 is 9.80 Å². The fourth-order valence-corrected chi connectivity index (χ4v) is 5.21. The summed E-state index contributed by atoms with van der Waals surface area (Å²) in [5.41, 5.74) is 4.30. The van der Waals surface area contributed by atoms with Crippen LogP contribution in [0.2, 0.25) is 0 Å². The van der Waals surface area contributed by atoms with Crippen molar-refractivity contribution in [3.8, 4) is 0 Å². The van der Waals surface area contributed by atoms with Crippen molar-refractivity contribution in [3.05, 3.63) is 29.3 Å². The lowest BCUT2D eigenvalue weighted by Crippen LogP contribution is -3.18. The van der Waals surface area contributed by atoms with Crippen molar-refractivity contribution >= 4 is 5.69 Å². The Morgan fingerprint density at radius 3 is 2.52 bits per heavy atom. The Kier molecular flexibility index (Phi) is 3.45. The smallest absolute Gasteiger partial charge is 0.0951 e.